The quantitative estimate of drug-likeness (QED) is 0.928. The third-order valence-electron chi connectivity index (χ3n) is 2.61. The number of hydrogen-bond acceptors (Lipinski definition) is 4. The molecule has 96 valence electrons. The number of rotatable bonds is 3. The van der Waals surface area contributed by atoms with E-state index in [0.717, 1.165) is 4.90 Å². The Labute approximate surface area is 109 Å². The summed E-state index contributed by atoms with van der Waals surface area (Å²) in [5, 5.41) is 14.4. The van der Waals surface area contributed by atoms with Crippen LogP contribution in [0.5, 0.6) is 0 Å². The van der Waals surface area contributed by atoms with E-state index in [2.05, 4.69) is 10.1 Å². The van der Waals surface area contributed by atoms with Crippen LogP contribution in [0.3, 0.4) is 0 Å². The Balaban J connectivity index is 2.43. The van der Waals surface area contributed by atoms with E-state index in [0.29, 0.717) is 16.3 Å². The SMILES string of the molecule is Cc1cc(Sc2ncnn2C)c([C@@H](C)O)cc1F. The first-order valence-corrected chi connectivity index (χ1v) is 6.30. The molecule has 1 atom stereocenters. The Morgan fingerprint density at radius 3 is 2.72 bits per heavy atom. The summed E-state index contributed by atoms with van der Waals surface area (Å²) in [5.41, 5.74) is 1.11. The molecule has 0 aliphatic carbocycles. The van der Waals surface area contributed by atoms with Crippen molar-refractivity contribution < 1.29 is 9.50 Å². The molecule has 0 saturated heterocycles. The monoisotopic (exact) mass is 267 g/mol. The number of benzene rings is 1. The standard InChI is InChI=1S/C12H14FN3OS/c1-7-4-11(9(8(2)17)5-10(7)13)18-12-14-6-15-16(12)3/h4-6,8,17H,1-3H3/t8-/m1/s1. The number of aliphatic hydroxyl groups excluding tert-OH is 1. The summed E-state index contributed by atoms with van der Waals surface area (Å²) in [6.07, 6.45) is 0.733. The van der Waals surface area contributed by atoms with Gasteiger partial charge in [-0.3, -0.25) is 0 Å². The van der Waals surface area contributed by atoms with E-state index in [9.17, 15) is 9.50 Å². The zero-order chi connectivity index (χ0) is 13.3. The number of nitrogens with zero attached hydrogens (tertiary/aromatic N) is 3. The molecule has 6 heteroatoms. The molecule has 1 heterocycles. The average Bonchev–Trinajstić information content (AvgIpc) is 2.69. The van der Waals surface area contributed by atoms with Gasteiger partial charge >= 0.3 is 0 Å². The topological polar surface area (TPSA) is 50.9 Å². The molecule has 0 amide bonds. The molecule has 1 aromatic heterocycles. The third-order valence-corrected chi connectivity index (χ3v) is 3.74. The van der Waals surface area contributed by atoms with Crippen molar-refractivity contribution in [1.82, 2.24) is 14.8 Å². The maximum absolute atomic E-state index is 13.5. The molecule has 0 spiro atoms. The normalized spacial score (nSPS) is 12.7. The molecule has 0 fully saturated rings. The van der Waals surface area contributed by atoms with Crippen LogP contribution in [-0.4, -0.2) is 19.9 Å². The van der Waals surface area contributed by atoms with E-state index >= 15 is 0 Å². The van der Waals surface area contributed by atoms with Crippen LogP contribution in [0.4, 0.5) is 4.39 Å². The summed E-state index contributed by atoms with van der Waals surface area (Å²) in [5.74, 6) is -0.312. The molecular weight excluding hydrogens is 253 g/mol. The van der Waals surface area contributed by atoms with Gasteiger partial charge in [0.25, 0.3) is 0 Å². The van der Waals surface area contributed by atoms with E-state index in [1.165, 1.54) is 24.2 Å². The highest BCUT2D eigenvalue weighted by Crippen LogP contribution is 2.33. The first-order chi connectivity index (χ1) is 8.49. The van der Waals surface area contributed by atoms with Crippen molar-refractivity contribution in [2.45, 2.75) is 30.0 Å². The number of aryl methyl sites for hydroxylation is 2. The second-order valence-electron chi connectivity index (χ2n) is 4.08. The minimum Gasteiger partial charge on any atom is -0.389 e. The molecule has 0 aliphatic rings. The Morgan fingerprint density at radius 1 is 1.44 bits per heavy atom. The molecule has 1 aromatic carbocycles. The van der Waals surface area contributed by atoms with Crippen LogP contribution in [0, 0.1) is 12.7 Å². The Bertz CT molecular complexity index is 568. The predicted octanol–water partition coefficient (Wildman–Crippen LogP) is 2.47. The Morgan fingerprint density at radius 2 is 2.17 bits per heavy atom. The summed E-state index contributed by atoms with van der Waals surface area (Å²) < 4.78 is 15.2. The lowest BCUT2D eigenvalue weighted by Crippen LogP contribution is -1.99. The van der Waals surface area contributed by atoms with Gasteiger partial charge in [0.1, 0.15) is 12.1 Å². The van der Waals surface area contributed by atoms with Gasteiger partial charge in [0, 0.05) is 11.9 Å². The average molecular weight is 267 g/mol. The lowest BCUT2D eigenvalue weighted by atomic mass is 10.1. The van der Waals surface area contributed by atoms with Gasteiger partial charge in [-0.25, -0.2) is 14.1 Å². The predicted molar refractivity (Wildman–Crippen MR) is 66.9 cm³/mol. The van der Waals surface area contributed by atoms with E-state index in [1.54, 1.807) is 31.6 Å². The van der Waals surface area contributed by atoms with Crippen molar-refractivity contribution in [2.24, 2.45) is 7.05 Å². The summed E-state index contributed by atoms with van der Waals surface area (Å²) in [4.78, 5) is 4.89. The van der Waals surface area contributed by atoms with E-state index in [1.807, 2.05) is 0 Å². The van der Waals surface area contributed by atoms with Crippen LogP contribution in [0.25, 0.3) is 0 Å². The number of aliphatic hydroxyl groups is 1. The van der Waals surface area contributed by atoms with Gasteiger partial charge < -0.3 is 5.11 Å². The van der Waals surface area contributed by atoms with Crippen LogP contribution < -0.4 is 0 Å². The fraction of sp³-hybridized carbons (Fsp3) is 0.333. The number of halogens is 1. The van der Waals surface area contributed by atoms with Crippen molar-refractivity contribution in [2.75, 3.05) is 0 Å². The van der Waals surface area contributed by atoms with Crippen molar-refractivity contribution in [1.29, 1.82) is 0 Å². The highest BCUT2D eigenvalue weighted by Gasteiger charge is 2.14. The van der Waals surface area contributed by atoms with Crippen LogP contribution in [0.1, 0.15) is 24.2 Å². The molecule has 18 heavy (non-hydrogen) atoms. The molecule has 2 aromatic rings. The largest absolute Gasteiger partial charge is 0.389 e. The van der Waals surface area contributed by atoms with Crippen LogP contribution in [-0.2, 0) is 7.05 Å². The molecule has 1 N–H and O–H groups in total. The van der Waals surface area contributed by atoms with Crippen molar-refractivity contribution in [3.05, 3.63) is 35.4 Å². The number of hydrogen-bond donors (Lipinski definition) is 1. The Kier molecular flexibility index (Phi) is 3.68. The molecule has 0 unspecified atom stereocenters. The van der Waals surface area contributed by atoms with E-state index < -0.39 is 6.10 Å². The van der Waals surface area contributed by atoms with Gasteiger partial charge in [0.05, 0.1) is 6.10 Å². The molecule has 4 nitrogen and oxygen atoms in total. The smallest absolute Gasteiger partial charge is 0.190 e. The summed E-state index contributed by atoms with van der Waals surface area (Å²) in [7, 11) is 1.79. The zero-order valence-corrected chi connectivity index (χ0v) is 11.2. The fourth-order valence-corrected chi connectivity index (χ4v) is 2.62. The highest BCUT2D eigenvalue weighted by atomic mass is 32.2. The molecule has 0 radical (unpaired) electrons. The number of aromatic nitrogens is 3. The maximum Gasteiger partial charge on any atom is 0.190 e. The third kappa shape index (κ3) is 2.54. The van der Waals surface area contributed by atoms with Gasteiger partial charge in [-0.1, -0.05) is 0 Å². The Hall–Kier alpha value is -1.40. The molecule has 0 aliphatic heterocycles. The first kappa shape index (κ1) is 13.0. The van der Waals surface area contributed by atoms with Crippen molar-refractivity contribution in [3.8, 4) is 0 Å². The van der Waals surface area contributed by atoms with Gasteiger partial charge in [-0.15, -0.1) is 0 Å². The summed E-state index contributed by atoms with van der Waals surface area (Å²) >= 11 is 1.36. The van der Waals surface area contributed by atoms with Crippen molar-refractivity contribution in [3.63, 3.8) is 0 Å². The minimum atomic E-state index is -0.726. The fourth-order valence-electron chi connectivity index (χ4n) is 1.56. The first-order valence-electron chi connectivity index (χ1n) is 5.49. The van der Waals surface area contributed by atoms with Crippen LogP contribution in [0.2, 0.25) is 0 Å². The summed E-state index contributed by atoms with van der Waals surface area (Å²) in [6.45, 7) is 3.31. The molecule has 0 bridgehead atoms. The second kappa shape index (κ2) is 5.07. The molecular formula is C12H14FN3OS. The zero-order valence-electron chi connectivity index (χ0n) is 10.4. The minimum absolute atomic E-state index is 0.312. The van der Waals surface area contributed by atoms with E-state index in [4.69, 9.17) is 0 Å². The molecule has 2 rings (SSSR count). The lowest BCUT2D eigenvalue weighted by Gasteiger charge is -2.12. The molecule has 0 saturated carbocycles. The van der Waals surface area contributed by atoms with Gasteiger partial charge in [0.15, 0.2) is 5.16 Å². The van der Waals surface area contributed by atoms with Crippen LogP contribution >= 0.6 is 11.8 Å². The van der Waals surface area contributed by atoms with E-state index in [-0.39, 0.29) is 5.82 Å². The highest BCUT2D eigenvalue weighted by molar-refractivity contribution is 7.99. The van der Waals surface area contributed by atoms with Gasteiger partial charge in [-0.2, -0.15) is 5.10 Å². The van der Waals surface area contributed by atoms with Crippen LogP contribution in [0.15, 0.2) is 28.5 Å². The summed E-state index contributed by atoms with van der Waals surface area (Å²) in [6, 6.07) is 3.09. The van der Waals surface area contributed by atoms with Crippen molar-refractivity contribution >= 4 is 11.8 Å². The van der Waals surface area contributed by atoms with Gasteiger partial charge in [-0.05, 0) is 48.9 Å². The second-order valence-corrected chi connectivity index (χ2v) is 5.09. The lowest BCUT2D eigenvalue weighted by molar-refractivity contribution is 0.196. The maximum atomic E-state index is 13.5. The van der Waals surface area contributed by atoms with Gasteiger partial charge in [0.2, 0.25) is 0 Å².